The van der Waals surface area contributed by atoms with E-state index >= 15 is 0 Å². The number of carbonyl (C=O) groups excluding carboxylic acids is 1. The van der Waals surface area contributed by atoms with Crippen molar-refractivity contribution in [1.82, 2.24) is 15.1 Å². The van der Waals surface area contributed by atoms with Gasteiger partial charge in [-0.2, -0.15) is 0 Å². The van der Waals surface area contributed by atoms with Gasteiger partial charge in [0.25, 0.3) is 0 Å². The average Bonchev–Trinajstić information content (AvgIpc) is 2.94. The smallest absolute Gasteiger partial charge is 0.236 e. The van der Waals surface area contributed by atoms with Gasteiger partial charge in [0, 0.05) is 32.7 Å². The van der Waals surface area contributed by atoms with Crippen molar-refractivity contribution in [2.24, 2.45) is 0 Å². The Bertz CT molecular complexity index is 500. The highest BCUT2D eigenvalue weighted by Gasteiger charge is 2.35. The van der Waals surface area contributed by atoms with Crippen molar-refractivity contribution in [3.05, 3.63) is 35.9 Å². The summed E-state index contributed by atoms with van der Waals surface area (Å²) in [6.07, 6.45) is 1.68. The summed E-state index contributed by atoms with van der Waals surface area (Å²) < 4.78 is 0. The Balaban J connectivity index is 1.47. The molecule has 1 aromatic rings. The molecule has 1 amide bonds. The highest BCUT2D eigenvalue weighted by molar-refractivity contribution is 5.79. The summed E-state index contributed by atoms with van der Waals surface area (Å²) in [7, 11) is 0. The third-order valence-electron chi connectivity index (χ3n) is 4.65. The fourth-order valence-electron chi connectivity index (χ4n) is 3.32. The molecule has 2 aliphatic heterocycles. The molecular weight excluding hydrogens is 278 g/mol. The van der Waals surface area contributed by atoms with Crippen LogP contribution >= 0.6 is 0 Å². The minimum Gasteiger partial charge on any atom is -0.387 e. The van der Waals surface area contributed by atoms with E-state index in [1.807, 2.05) is 23.1 Å². The van der Waals surface area contributed by atoms with Crippen LogP contribution in [0.2, 0.25) is 0 Å². The van der Waals surface area contributed by atoms with Crippen LogP contribution in [0.1, 0.15) is 12.0 Å². The molecule has 1 aromatic carbocycles. The van der Waals surface area contributed by atoms with Gasteiger partial charge in [0.05, 0.1) is 12.1 Å². The lowest BCUT2D eigenvalue weighted by atomic mass is 10.0. The molecule has 0 aliphatic carbocycles. The van der Waals surface area contributed by atoms with E-state index in [1.165, 1.54) is 5.56 Å². The fraction of sp³-hybridized carbons (Fsp3) is 0.588. The molecular formula is C17H25N3O2. The number of β-amino-alcohol motifs (C(OH)–C–C–N with tert-alkyl or cyclic N) is 1. The van der Waals surface area contributed by atoms with Crippen LogP contribution in [0.5, 0.6) is 0 Å². The third-order valence-corrected chi connectivity index (χ3v) is 4.65. The minimum atomic E-state index is -0.660. The van der Waals surface area contributed by atoms with Gasteiger partial charge < -0.3 is 15.3 Å². The zero-order chi connectivity index (χ0) is 15.4. The largest absolute Gasteiger partial charge is 0.387 e. The number of hydrogen-bond acceptors (Lipinski definition) is 4. The number of carbonyl (C=O) groups is 1. The minimum absolute atomic E-state index is 0.178. The molecule has 2 fully saturated rings. The predicted octanol–water partition coefficient (Wildman–Crippen LogP) is 0.0977. The Hall–Kier alpha value is -1.43. The Kier molecular flexibility index (Phi) is 4.76. The molecule has 5 nitrogen and oxygen atoms in total. The standard InChI is InChI=1S/C17H25N3O2/c21-16-12-19(14-17(22)7-8-18-13-17)10-11-20(16)9-6-15-4-2-1-3-5-15/h1-5,18,22H,6-14H2. The van der Waals surface area contributed by atoms with Crippen LogP contribution < -0.4 is 5.32 Å². The van der Waals surface area contributed by atoms with Gasteiger partial charge >= 0.3 is 0 Å². The lowest BCUT2D eigenvalue weighted by Crippen LogP contribution is -2.55. The van der Waals surface area contributed by atoms with Gasteiger partial charge in [0.2, 0.25) is 5.91 Å². The highest BCUT2D eigenvalue weighted by atomic mass is 16.3. The average molecular weight is 303 g/mol. The number of rotatable bonds is 5. The lowest BCUT2D eigenvalue weighted by Gasteiger charge is -2.37. The summed E-state index contributed by atoms with van der Waals surface area (Å²) in [5.74, 6) is 0.178. The van der Waals surface area contributed by atoms with Crippen LogP contribution in [0.4, 0.5) is 0 Å². The SMILES string of the molecule is O=C1CN(CC2(O)CCNC2)CCN1CCc1ccccc1. The van der Waals surface area contributed by atoms with E-state index < -0.39 is 5.60 Å². The van der Waals surface area contributed by atoms with E-state index in [-0.39, 0.29) is 5.91 Å². The van der Waals surface area contributed by atoms with Crippen molar-refractivity contribution < 1.29 is 9.90 Å². The molecule has 0 bridgehead atoms. The van der Waals surface area contributed by atoms with Crippen LogP contribution in [0, 0.1) is 0 Å². The second kappa shape index (κ2) is 6.77. The number of amides is 1. The van der Waals surface area contributed by atoms with Crippen LogP contribution in [-0.2, 0) is 11.2 Å². The molecule has 0 aromatic heterocycles. The van der Waals surface area contributed by atoms with Gasteiger partial charge in [-0.3, -0.25) is 9.69 Å². The van der Waals surface area contributed by atoms with E-state index in [0.717, 1.165) is 39.0 Å². The normalized spacial score (nSPS) is 26.6. The van der Waals surface area contributed by atoms with Gasteiger partial charge in [0.1, 0.15) is 0 Å². The molecule has 0 radical (unpaired) electrons. The van der Waals surface area contributed by atoms with E-state index in [1.54, 1.807) is 0 Å². The van der Waals surface area contributed by atoms with Crippen LogP contribution in [0.25, 0.3) is 0 Å². The van der Waals surface area contributed by atoms with E-state index in [4.69, 9.17) is 0 Å². The van der Waals surface area contributed by atoms with Crippen molar-refractivity contribution in [1.29, 1.82) is 0 Å². The Morgan fingerprint density at radius 2 is 2.05 bits per heavy atom. The summed E-state index contributed by atoms with van der Waals surface area (Å²) in [6.45, 7) is 4.91. The lowest BCUT2D eigenvalue weighted by molar-refractivity contribution is -0.137. The molecule has 2 aliphatic rings. The molecule has 2 heterocycles. The van der Waals surface area contributed by atoms with Crippen molar-refractivity contribution in [2.75, 3.05) is 45.8 Å². The van der Waals surface area contributed by atoms with Gasteiger partial charge in [0.15, 0.2) is 0 Å². The summed E-state index contributed by atoms with van der Waals surface area (Å²) in [5.41, 5.74) is 0.607. The molecule has 0 spiro atoms. The van der Waals surface area contributed by atoms with E-state index in [0.29, 0.717) is 19.6 Å². The first kappa shape index (κ1) is 15.5. The Morgan fingerprint density at radius 3 is 2.73 bits per heavy atom. The third kappa shape index (κ3) is 3.85. The summed E-state index contributed by atoms with van der Waals surface area (Å²) in [6, 6.07) is 10.3. The van der Waals surface area contributed by atoms with Crippen LogP contribution in [0.3, 0.4) is 0 Å². The second-order valence-electron chi connectivity index (χ2n) is 6.48. The summed E-state index contributed by atoms with van der Waals surface area (Å²) in [4.78, 5) is 16.3. The maximum Gasteiger partial charge on any atom is 0.236 e. The summed E-state index contributed by atoms with van der Waals surface area (Å²) >= 11 is 0. The highest BCUT2D eigenvalue weighted by Crippen LogP contribution is 2.17. The molecule has 2 saturated heterocycles. The molecule has 2 N–H and O–H groups in total. The van der Waals surface area contributed by atoms with Crippen molar-refractivity contribution >= 4 is 5.91 Å². The fourth-order valence-corrected chi connectivity index (χ4v) is 3.32. The Morgan fingerprint density at radius 1 is 1.23 bits per heavy atom. The first-order chi connectivity index (χ1) is 10.6. The number of aliphatic hydroxyl groups is 1. The molecule has 0 saturated carbocycles. The molecule has 120 valence electrons. The maximum atomic E-state index is 12.3. The number of nitrogens with zero attached hydrogens (tertiary/aromatic N) is 2. The first-order valence-corrected chi connectivity index (χ1v) is 8.12. The quantitative estimate of drug-likeness (QED) is 0.810. The van der Waals surface area contributed by atoms with E-state index in [9.17, 15) is 9.90 Å². The van der Waals surface area contributed by atoms with Gasteiger partial charge in [-0.1, -0.05) is 30.3 Å². The second-order valence-corrected chi connectivity index (χ2v) is 6.48. The van der Waals surface area contributed by atoms with Crippen LogP contribution in [0.15, 0.2) is 30.3 Å². The zero-order valence-corrected chi connectivity index (χ0v) is 13.0. The number of piperazine rings is 1. The van der Waals surface area contributed by atoms with E-state index in [2.05, 4.69) is 22.3 Å². The van der Waals surface area contributed by atoms with Crippen molar-refractivity contribution in [3.63, 3.8) is 0 Å². The number of hydrogen-bond donors (Lipinski definition) is 2. The molecule has 22 heavy (non-hydrogen) atoms. The number of benzene rings is 1. The summed E-state index contributed by atoms with van der Waals surface area (Å²) in [5, 5.41) is 13.6. The molecule has 5 heteroatoms. The van der Waals surface area contributed by atoms with Crippen LogP contribution in [-0.4, -0.2) is 72.2 Å². The van der Waals surface area contributed by atoms with Gasteiger partial charge in [-0.25, -0.2) is 0 Å². The maximum absolute atomic E-state index is 12.3. The molecule has 1 atom stereocenters. The zero-order valence-electron chi connectivity index (χ0n) is 13.0. The van der Waals surface area contributed by atoms with Crippen molar-refractivity contribution in [2.45, 2.75) is 18.4 Å². The topological polar surface area (TPSA) is 55.8 Å². The Labute approximate surface area is 131 Å². The first-order valence-electron chi connectivity index (χ1n) is 8.12. The van der Waals surface area contributed by atoms with Gasteiger partial charge in [-0.05, 0) is 24.9 Å². The van der Waals surface area contributed by atoms with Gasteiger partial charge in [-0.15, -0.1) is 0 Å². The molecule has 3 rings (SSSR count). The number of nitrogens with one attached hydrogen (secondary N) is 1. The molecule has 1 unspecified atom stereocenters. The van der Waals surface area contributed by atoms with Crippen molar-refractivity contribution in [3.8, 4) is 0 Å². The monoisotopic (exact) mass is 303 g/mol. The predicted molar refractivity (Wildman–Crippen MR) is 85.6 cm³/mol.